The number of hydrogen-bond acceptors (Lipinski definition) is 3. The molecule has 0 saturated heterocycles. The number of aryl methyl sites for hydroxylation is 1. The van der Waals surface area contributed by atoms with Crippen LogP contribution in [-0.2, 0) is 0 Å². The molecule has 98 valence electrons. The van der Waals surface area contributed by atoms with Crippen LogP contribution >= 0.6 is 27.5 Å². The molecule has 0 fully saturated rings. The summed E-state index contributed by atoms with van der Waals surface area (Å²) in [5, 5.41) is 12.7. The van der Waals surface area contributed by atoms with Crippen molar-refractivity contribution in [3.05, 3.63) is 51.1 Å². The molecule has 0 aliphatic heterocycles. The van der Waals surface area contributed by atoms with E-state index in [9.17, 15) is 4.79 Å². The maximum atomic E-state index is 11.1. The van der Waals surface area contributed by atoms with Gasteiger partial charge in [0, 0.05) is 15.7 Å². The van der Waals surface area contributed by atoms with Gasteiger partial charge in [-0.2, -0.15) is 0 Å². The molecule has 6 heteroatoms. The van der Waals surface area contributed by atoms with Crippen molar-refractivity contribution in [1.82, 2.24) is 4.98 Å². The van der Waals surface area contributed by atoms with Gasteiger partial charge in [0.05, 0.1) is 5.69 Å². The summed E-state index contributed by atoms with van der Waals surface area (Å²) in [5.41, 5.74) is 1.70. The van der Waals surface area contributed by atoms with Gasteiger partial charge < -0.3 is 10.4 Å². The summed E-state index contributed by atoms with van der Waals surface area (Å²) in [6.45, 7) is 1.89. The van der Waals surface area contributed by atoms with E-state index in [0.29, 0.717) is 10.7 Å². The molecule has 2 N–H and O–H groups in total. The van der Waals surface area contributed by atoms with Crippen LogP contribution in [0.15, 0.2) is 34.9 Å². The van der Waals surface area contributed by atoms with E-state index in [1.807, 2.05) is 13.0 Å². The highest BCUT2D eigenvalue weighted by molar-refractivity contribution is 9.10. The summed E-state index contributed by atoms with van der Waals surface area (Å²) < 4.78 is 0.788. The molecule has 0 radical (unpaired) electrons. The Balaban J connectivity index is 2.42. The Labute approximate surface area is 123 Å². The highest BCUT2D eigenvalue weighted by Crippen LogP contribution is 2.31. The molecular weight excluding hydrogens is 332 g/mol. The topological polar surface area (TPSA) is 62.2 Å². The molecule has 2 aromatic rings. The number of carbonyl (C=O) groups is 1. The number of nitrogens with one attached hydrogen (secondary N) is 1. The molecule has 0 aliphatic rings. The third-order valence-electron chi connectivity index (χ3n) is 2.54. The van der Waals surface area contributed by atoms with Crippen molar-refractivity contribution in [2.24, 2.45) is 0 Å². The van der Waals surface area contributed by atoms with E-state index in [0.717, 1.165) is 10.0 Å². The Morgan fingerprint density at radius 1 is 1.47 bits per heavy atom. The van der Waals surface area contributed by atoms with Crippen molar-refractivity contribution in [3.63, 3.8) is 0 Å². The average Bonchev–Trinajstić information content (AvgIpc) is 2.36. The van der Waals surface area contributed by atoms with Crippen LogP contribution in [-0.4, -0.2) is 16.1 Å². The van der Waals surface area contributed by atoms with Crippen molar-refractivity contribution in [2.75, 3.05) is 5.32 Å². The van der Waals surface area contributed by atoms with Crippen molar-refractivity contribution in [3.8, 4) is 0 Å². The molecule has 4 nitrogen and oxygen atoms in total. The van der Waals surface area contributed by atoms with E-state index in [1.165, 1.54) is 12.3 Å². The number of pyridine rings is 1. The molecule has 0 saturated carbocycles. The van der Waals surface area contributed by atoms with E-state index in [1.54, 1.807) is 12.1 Å². The highest BCUT2D eigenvalue weighted by atomic mass is 79.9. The van der Waals surface area contributed by atoms with Crippen LogP contribution in [0, 0.1) is 6.92 Å². The van der Waals surface area contributed by atoms with Crippen LogP contribution in [0.25, 0.3) is 0 Å². The van der Waals surface area contributed by atoms with Gasteiger partial charge in [0.1, 0.15) is 11.4 Å². The Bertz CT molecular complexity index is 647. The molecule has 2 rings (SSSR count). The Kier molecular flexibility index (Phi) is 4.07. The zero-order valence-electron chi connectivity index (χ0n) is 9.95. The first-order valence-electron chi connectivity index (χ1n) is 5.40. The molecule has 0 atom stereocenters. The SMILES string of the molecule is Cc1cc(Br)c(Nc2ncccc2C(=O)O)cc1Cl. The molecule has 0 spiro atoms. The van der Waals surface area contributed by atoms with E-state index in [-0.39, 0.29) is 11.4 Å². The fraction of sp³-hybridized carbons (Fsp3) is 0.0769. The van der Waals surface area contributed by atoms with Crippen LogP contribution in [0.2, 0.25) is 5.02 Å². The number of aromatic carboxylic acids is 1. The predicted octanol–water partition coefficient (Wildman–Crippen LogP) is 4.25. The lowest BCUT2D eigenvalue weighted by atomic mass is 10.2. The van der Waals surface area contributed by atoms with E-state index >= 15 is 0 Å². The van der Waals surface area contributed by atoms with E-state index < -0.39 is 5.97 Å². The summed E-state index contributed by atoms with van der Waals surface area (Å²) in [6.07, 6.45) is 1.53. The molecule has 0 unspecified atom stereocenters. The van der Waals surface area contributed by atoms with Gasteiger partial charge in [-0.1, -0.05) is 11.6 Å². The van der Waals surface area contributed by atoms with Gasteiger partial charge in [-0.3, -0.25) is 0 Å². The number of carboxylic acid groups (broad SMARTS) is 1. The van der Waals surface area contributed by atoms with Crippen LogP contribution in [0.5, 0.6) is 0 Å². The summed E-state index contributed by atoms with van der Waals surface area (Å²) in [7, 11) is 0. The second-order valence-corrected chi connectivity index (χ2v) is 5.17. The van der Waals surface area contributed by atoms with E-state index in [2.05, 4.69) is 26.2 Å². The molecule has 0 aliphatic carbocycles. The second kappa shape index (κ2) is 5.59. The fourth-order valence-electron chi connectivity index (χ4n) is 1.55. The Hall–Kier alpha value is -1.59. The first-order valence-corrected chi connectivity index (χ1v) is 6.57. The number of rotatable bonds is 3. The summed E-state index contributed by atoms with van der Waals surface area (Å²) in [5.74, 6) is -0.763. The maximum absolute atomic E-state index is 11.1. The van der Waals surface area contributed by atoms with Gasteiger partial charge in [0.2, 0.25) is 0 Å². The van der Waals surface area contributed by atoms with Crippen LogP contribution in [0.3, 0.4) is 0 Å². The largest absolute Gasteiger partial charge is 0.478 e. The first-order chi connectivity index (χ1) is 8.99. The predicted molar refractivity (Wildman–Crippen MR) is 78.4 cm³/mol. The minimum Gasteiger partial charge on any atom is -0.478 e. The maximum Gasteiger partial charge on any atom is 0.339 e. The standard InChI is InChI=1S/C13H10BrClN2O2/c1-7-5-9(14)11(6-10(7)15)17-12-8(13(18)19)3-2-4-16-12/h2-6H,1H3,(H,16,17)(H,18,19). The van der Waals surface area contributed by atoms with Gasteiger partial charge in [0.25, 0.3) is 0 Å². The number of aromatic nitrogens is 1. The first kappa shape index (κ1) is 13.8. The normalized spacial score (nSPS) is 10.3. The van der Waals surface area contributed by atoms with Crippen molar-refractivity contribution in [2.45, 2.75) is 6.92 Å². The van der Waals surface area contributed by atoms with Gasteiger partial charge in [0.15, 0.2) is 0 Å². The van der Waals surface area contributed by atoms with Crippen molar-refractivity contribution in [1.29, 1.82) is 0 Å². The number of hydrogen-bond donors (Lipinski definition) is 2. The monoisotopic (exact) mass is 340 g/mol. The highest BCUT2D eigenvalue weighted by Gasteiger charge is 2.12. The zero-order chi connectivity index (χ0) is 14.0. The van der Waals surface area contributed by atoms with Gasteiger partial charge in [-0.15, -0.1) is 0 Å². The molecule has 1 aromatic carbocycles. The average molecular weight is 342 g/mol. The molecular formula is C13H10BrClN2O2. The number of nitrogens with zero attached hydrogens (tertiary/aromatic N) is 1. The quantitative estimate of drug-likeness (QED) is 0.876. The summed E-state index contributed by atoms with van der Waals surface area (Å²) >= 11 is 9.46. The molecule has 1 heterocycles. The second-order valence-electron chi connectivity index (χ2n) is 3.91. The lowest BCUT2D eigenvalue weighted by Gasteiger charge is -2.11. The van der Waals surface area contributed by atoms with Crippen molar-refractivity contribution < 1.29 is 9.90 Å². The lowest BCUT2D eigenvalue weighted by molar-refractivity contribution is 0.0697. The number of benzene rings is 1. The third kappa shape index (κ3) is 3.05. The van der Waals surface area contributed by atoms with Gasteiger partial charge >= 0.3 is 5.97 Å². The molecule has 0 amide bonds. The molecule has 1 aromatic heterocycles. The van der Waals surface area contributed by atoms with Crippen LogP contribution in [0.4, 0.5) is 11.5 Å². The third-order valence-corrected chi connectivity index (χ3v) is 3.60. The van der Waals surface area contributed by atoms with Gasteiger partial charge in [-0.25, -0.2) is 9.78 Å². The fourth-order valence-corrected chi connectivity index (χ4v) is 2.27. The van der Waals surface area contributed by atoms with Crippen LogP contribution < -0.4 is 5.32 Å². The Morgan fingerprint density at radius 3 is 2.89 bits per heavy atom. The number of anilines is 2. The minimum atomic E-state index is -1.04. The smallest absolute Gasteiger partial charge is 0.339 e. The van der Waals surface area contributed by atoms with Crippen molar-refractivity contribution >= 4 is 45.0 Å². The zero-order valence-corrected chi connectivity index (χ0v) is 12.3. The molecule has 19 heavy (non-hydrogen) atoms. The number of halogens is 2. The van der Waals surface area contributed by atoms with Crippen LogP contribution in [0.1, 0.15) is 15.9 Å². The minimum absolute atomic E-state index is 0.103. The molecule has 0 bridgehead atoms. The summed E-state index contributed by atoms with van der Waals surface area (Å²) in [6, 6.07) is 6.64. The lowest BCUT2D eigenvalue weighted by Crippen LogP contribution is -2.04. The number of carboxylic acids is 1. The summed E-state index contributed by atoms with van der Waals surface area (Å²) in [4.78, 5) is 15.1. The van der Waals surface area contributed by atoms with E-state index in [4.69, 9.17) is 16.7 Å². The Morgan fingerprint density at radius 2 is 2.21 bits per heavy atom. The van der Waals surface area contributed by atoms with Gasteiger partial charge in [-0.05, 0) is 52.7 Å².